The van der Waals surface area contributed by atoms with Crippen LogP contribution in [0, 0.1) is 0 Å². The molecule has 0 atom stereocenters. The van der Waals surface area contributed by atoms with E-state index in [2.05, 4.69) is 9.80 Å². The van der Waals surface area contributed by atoms with Crippen molar-refractivity contribution < 1.29 is 14.3 Å². The zero-order valence-corrected chi connectivity index (χ0v) is 13.5. The number of amides is 1. The van der Waals surface area contributed by atoms with Crippen LogP contribution in [-0.4, -0.2) is 86.4 Å². The van der Waals surface area contributed by atoms with Crippen LogP contribution < -0.4 is 4.74 Å². The van der Waals surface area contributed by atoms with Gasteiger partial charge in [-0.2, -0.15) is 0 Å². The number of hydrogen-bond acceptors (Lipinski definition) is 5. The van der Waals surface area contributed by atoms with Crippen LogP contribution >= 0.6 is 0 Å². The third-order valence-electron chi connectivity index (χ3n) is 4.42. The van der Waals surface area contributed by atoms with Gasteiger partial charge in [-0.1, -0.05) is 18.2 Å². The fraction of sp³-hybridized carbons (Fsp3) is 0.588. The van der Waals surface area contributed by atoms with E-state index in [1.807, 2.05) is 30.3 Å². The molecule has 1 aromatic rings. The number of nitrogens with zero attached hydrogens (tertiary/aromatic N) is 3. The number of benzene rings is 1. The normalized spacial score (nSPS) is 19.8. The van der Waals surface area contributed by atoms with E-state index in [0.717, 1.165) is 64.7 Å². The van der Waals surface area contributed by atoms with Crippen molar-refractivity contribution in [3.63, 3.8) is 0 Å². The van der Waals surface area contributed by atoms with Gasteiger partial charge >= 0.3 is 6.09 Å². The minimum absolute atomic E-state index is 0.165. The van der Waals surface area contributed by atoms with E-state index in [-0.39, 0.29) is 6.09 Å². The molecule has 6 heteroatoms. The molecule has 2 fully saturated rings. The van der Waals surface area contributed by atoms with Crippen molar-refractivity contribution in [2.75, 3.05) is 65.6 Å². The topological polar surface area (TPSA) is 45.2 Å². The number of carbonyl (C=O) groups is 1. The van der Waals surface area contributed by atoms with Gasteiger partial charge in [0.2, 0.25) is 0 Å². The second-order valence-corrected chi connectivity index (χ2v) is 5.95. The average Bonchev–Trinajstić information content (AvgIpc) is 3.00. The van der Waals surface area contributed by atoms with Crippen molar-refractivity contribution >= 4 is 6.09 Å². The molecule has 3 rings (SSSR count). The van der Waals surface area contributed by atoms with E-state index in [1.165, 1.54) is 0 Å². The molecule has 0 N–H and O–H groups in total. The van der Waals surface area contributed by atoms with Crippen LogP contribution in [0.2, 0.25) is 0 Å². The Hall–Kier alpha value is -1.79. The van der Waals surface area contributed by atoms with Crippen LogP contribution in [0.1, 0.15) is 0 Å². The fourth-order valence-electron chi connectivity index (χ4n) is 2.94. The maximum absolute atomic E-state index is 11.4. The monoisotopic (exact) mass is 319 g/mol. The van der Waals surface area contributed by atoms with E-state index >= 15 is 0 Å². The number of para-hydroxylation sites is 1. The van der Waals surface area contributed by atoms with Gasteiger partial charge in [0.15, 0.2) is 0 Å². The first-order valence-corrected chi connectivity index (χ1v) is 8.35. The molecule has 1 amide bonds. The van der Waals surface area contributed by atoms with Gasteiger partial charge in [0.05, 0.1) is 6.54 Å². The van der Waals surface area contributed by atoms with Crippen LogP contribution in [0.3, 0.4) is 0 Å². The molecular weight excluding hydrogens is 294 g/mol. The Bertz CT molecular complexity index is 489. The van der Waals surface area contributed by atoms with Gasteiger partial charge in [-0.3, -0.25) is 9.80 Å². The highest BCUT2D eigenvalue weighted by molar-refractivity contribution is 5.69. The summed E-state index contributed by atoms with van der Waals surface area (Å²) < 4.78 is 10.7. The molecule has 0 unspecified atom stereocenters. The first-order chi connectivity index (χ1) is 11.3. The molecule has 0 aromatic heterocycles. The summed E-state index contributed by atoms with van der Waals surface area (Å²) in [6.45, 7) is 8.88. The number of rotatable bonds is 7. The lowest BCUT2D eigenvalue weighted by Gasteiger charge is -2.35. The highest BCUT2D eigenvalue weighted by Crippen LogP contribution is 2.09. The van der Waals surface area contributed by atoms with Crippen LogP contribution in [-0.2, 0) is 4.74 Å². The minimum atomic E-state index is -0.165. The maximum atomic E-state index is 11.4. The van der Waals surface area contributed by atoms with Crippen LogP contribution in [0.4, 0.5) is 4.79 Å². The second kappa shape index (κ2) is 8.17. The minimum Gasteiger partial charge on any atom is -0.492 e. The fourth-order valence-corrected chi connectivity index (χ4v) is 2.94. The van der Waals surface area contributed by atoms with E-state index in [9.17, 15) is 4.79 Å². The zero-order chi connectivity index (χ0) is 15.9. The molecule has 2 aliphatic rings. The molecule has 6 nitrogen and oxygen atoms in total. The first kappa shape index (κ1) is 16.1. The Morgan fingerprint density at radius 2 is 1.61 bits per heavy atom. The van der Waals surface area contributed by atoms with Gasteiger partial charge in [-0.25, -0.2) is 4.79 Å². The Kier molecular flexibility index (Phi) is 5.71. The summed E-state index contributed by atoms with van der Waals surface area (Å²) in [5, 5.41) is 0. The summed E-state index contributed by atoms with van der Waals surface area (Å²) in [7, 11) is 0. The Labute approximate surface area is 137 Å². The Morgan fingerprint density at radius 1 is 0.913 bits per heavy atom. The predicted octanol–water partition coefficient (Wildman–Crippen LogP) is 1.14. The van der Waals surface area contributed by atoms with Crippen molar-refractivity contribution in [2.24, 2.45) is 0 Å². The van der Waals surface area contributed by atoms with Gasteiger partial charge in [-0.15, -0.1) is 0 Å². The van der Waals surface area contributed by atoms with Crippen LogP contribution in [0.15, 0.2) is 30.3 Å². The third kappa shape index (κ3) is 4.84. The smallest absolute Gasteiger partial charge is 0.409 e. The molecule has 2 heterocycles. The predicted molar refractivity (Wildman–Crippen MR) is 87.7 cm³/mol. The number of cyclic esters (lactones) is 1. The van der Waals surface area contributed by atoms with Crippen molar-refractivity contribution in [1.82, 2.24) is 14.7 Å². The lowest BCUT2D eigenvalue weighted by atomic mass is 10.3. The molecule has 0 radical (unpaired) electrons. The SMILES string of the molecule is O=C1OCCN1CCN1CCN(CCOc2ccccc2)CC1. The van der Waals surface area contributed by atoms with E-state index in [1.54, 1.807) is 4.90 Å². The molecule has 23 heavy (non-hydrogen) atoms. The summed E-state index contributed by atoms with van der Waals surface area (Å²) >= 11 is 0. The molecule has 0 saturated carbocycles. The lowest BCUT2D eigenvalue weighted by Crippen LogP contribution is -2.49. The zero-order valence-electron chi connectivity index (χ0n) is 13.5. The van der Waals surface area contributed by atoms with Crippen molar-refractivity contribution in [2.45, 2.75) is 0 Å². The van der Waals surface area contributed by atoms with Crippen molar-refractivity contribution in [1.29, 1.82) is 0 Å². The van der Waals surface area contributed by atoms with Gasteiger partial charge in [-0.05, 0) is 12.1 Å². The van der Waals surface area contributed by atoms with E-state index < -0.39 is 0 Å². The summed E-state index contributed by atoms with van der Waals surface area (Å²) in [6, 6.07) is 9.95. The maximum Gasteiger partial charge on any atom is 0.409 e. The summed E-state index contributed by atoms with van der Waals surface area (Å²) in [5.74, 6) is 0.934. The van der Waals surface area contributed by atoms with Gasteiger partial charge in [0.1, 0.15) is 19.0 Å². The third-order valence-corrected chi connectivity index (χ3v) is 4.42. The van der Waals surface area contributed by atoms with Crippen LogP contribution in [0.5, 0.6) is 5.75 Å². The number of carbonyl (C=O) groups excluding carboxylic acids is 1. The Balaban J connectivity index is 1.28. The largest absolute Gasteiger partial charge is 0.492 e. The highest BCUT2D eigenvalue weighted by atomic mass is 16.6. The number of piperazine rings is 1. The quantitative estimate of drug-likeness (QED) is 0.754. The van der Waals surface area contributed by atoms with E-state index in [4.69, 9.17) is 9.47 Å². The Morgan fingerprint density at radius 3 is 2.26 bits per heavy atom. The van der Waals surface area contributed by atoms with Crippen molar-refractivity contribution in [3.05, 3.63) is 30.3 Å². The highest BCUT2D eigenvalue weighted by Gasteiger charge is 2.23. The summed E-state index contributed by atoms with van der Waals surface area (Å²) in [4.78, 5) is 18.0. The van der Waals surface area contributed by atoms with Gasteiger partial charge in [0, 0.05) is 45.8 Å². The van der Waals surface area contributed by atoms with E-state index in [0.29, 0.717) is 6.61 Å². The average molecular weight is 319 g/mol. The number of hydrogen-bond donors (Lipinski definition) is 0. The molecule has 0 bridgehead atoms. The summed E-state index contributed by atoms with van der Waals surface area (Å²) in [6.07, 6.45) is -0.165. The lowest BCUT2D eigenvalue weighted by molar-refractivity contribution is 0.109. The molecule has 0 aliphatic carbocycles. The molecular formula is C17H25N3O3. The van der Waals surface area contributed by atoms with Crippen molar-refractivity contribution in [3.8, 4) is 5.75 Å². The standard InChI is InChI=1S/C17H25N3O3/c21-17-20(13-15-23-17)11-10-18-6-8-19(9-7-18)12-14-22-16-4-2-1-3-5-16/h1-5H,6-15H2. The molecule has 2 aliphatic heterocycles. The molecule has 1 aromatic carbocycles. The second-order valence-electron chi connectivity index (χ2n) is 5.95. The van der Waals surface area contributed by atoms with Gasteiger partial charge < -0.3 is 14.4 Å². The van der Waals surface area contributed by atoms with Gasteiger partial charge in [0.25, 0.3) is 0 Å². The summed E-state index contributed by atoms with van der Waals surface area (Å²) in [5.41, 5.74) is 0. The van der Waals surface area contributed by atoms with Crippen LogP contribution in [0.25, 0.3) is 0 Å². The molecule has 2 saturated heterocycles. The molecule has 0 spiro atoms. The number of ether oxygens (including phenoxy) is 2. The molecule has 126 valence electrons. The first-order valence-electron chi connectivity index (χ1n) is 8.35.